The average molecular weight is 836 g/mol. The van der Waals surface area contributed by atoms with E-state index >= 15 is 0 Å². The molecule has 0 amide bonds. The van der Waals surface area contributed by atoms with Crippen LogP contribution in [-0.4, -0.2) is 3.21 Å². The van der Waals surface area contributed by atoms with Gasteiger partial charge in [-0.3, -0.25) is 0 Å². The standard InChI is InChI=1S/C31H29.C15H14.C11H17.Zr/c1-18-11-20(3)30(21(4)12-18)24-7-9-28-26(15-24)17-27-16-25(8-10-29(27)28)31-22(5)13-19(2)14-23(31)6;1-12-3-7-14(8-4-12)11-15-9-5-13(2)6-10-15;1-5-9-6-7-10(8-9)11(2,3)4;/h7-17H,1-6H3;3-10H,1-2H3;7-9H,5H2,1-4H3;. The van der Waals surface area contributed by atoms with E-state index in [0.29, 0.717) is 5.92 Å². The van der Waals surface area contributed by atoms with Crippen LogP contribution in [0, 0.1) is 66.7 Å². The van der Waals surface area contributed by atoms with Gasteiger partial charge in [0, 0.05) is 0 Å². The van der Waals surface area contributed by atoms with Crippen LogP contribution in [0.5, 0.6) is 0 Å². The van der Waals surface area contributed by atoms with E-state index in [0.717, 1.165) is 6.42 Å². The van der Waals surface area contributed by atoms with Gasteiger partial charge in [-0.2, -0.15) is 0 Å². The van der Waals surface area contributed by atoms with Gasteiger partial charge < -0.3 is 0 Å². The predicted molar refractivity (Wildman–Crippen MR) is 248 cm³/mol. The number of fused-ring (bicyclic) bond motifs is 3. The van der Waals surface area contributed by atoms with Gasteiger partial charge >= 0.3 is 359 Å². The first kappa shape index (κ1) is 40.3. The van der Waals surface area contributed by atoms with E-state index in [1.807, 2.05) is 0 Å². The number of benzene rings is 6. The van der Waals surface area contributed by atoms with Crippen molar-refractivity contribution < 1.29 is 21.3 Å². The molecule has 0 aliphatic heterocycles. The molecule has 1 atom stereocenters. The summed E-state index contributed by atoms with van der Waals surface area (Å²) in [4.78, 5) is 0. The summed E-state index contributed by atoms with van der Waals surface area (Å²) >= 11 is -3.10. The SMILES string of the molecule is CCC1C=C(C(C)(C)C)C=[C]1[Zr](=[C](c1ccc(C)cc1)c1ccc(C)cc1)[CH]1c2cc(-c3c(C)cc(C)cc3C)ccc2-c2ccc(-c3c(C)cc(C)cc3C)cc21. The van der Waals surface area contributed by atoms with Gasteiger partial charge in [0.1, 0.15) is 0 Å². The summed E-state index contributed by atoms with van der Waals surface area (Å²) in [7, 11) is 0. The van der Waals surface area contributed by atoms with Gasteiger partial charge in [0.05, 0.1) is 0 Å². The van der Waals surface area contributed by atoms with Crippen LogP contribution in [-0.2, 0) is 21.3 Å². The second kappa shape index (κ2) is 15.6. The summed E-state index contributed by atoms with van der Waals surface area (Å²) in [5, 5.41) is 0. The number of allylic oxidation sites excluding steroid dienone is 4. The summed E-state index contributed by atoms with van der Waals surface area (Å²) in [6.07, 6.45) is 6.47. The first-order chi connectivity index (χ1) is 27.6. The molecular formula is C57H60Zr. The van der Waals surface area contributed by atoms with Crippen molar-refractivity contribution >= 4 is 3.21 Å². The van der Waals surface area contributed by atoms with Gasteiger partial charge in [0.25, 0.3) is 0 Å². The third kappa shape index (κ3) is 7.39. The zero-order valence-corrected chi connectivity index (χ0v) is 39.4. The van der Waals surface area contributed by atoms with Crippen molar-refractivity contribution in [1.82, 2.24) is 0 Å². The normalized spacial score (nSPS) is 14.9. The Balaban J connectivity index is 1.52. The molecule has 0 fully saturated rings. The zero-order valence-electron chi connectivity index (χ0n) is 36.9. The van der Waals surface area contributed by atoms with Crippen LogP contribution >= 0.6 is 0 Å². The number of hydrogen-bond acceptors (Lipinski definition) is 0. The molecule has 1 unspecified atom stereocenters. The van der Waals surface area contributed by atoms with Crippen molar-refractivity contribution in [2.24, 2.45) is 11.3 Å². The summed E-state index contributed by atoms with van der Waals surface area (Å²) < 4.78 is 3.63. The van der Waals surface area contributed by atoms with Crippen LogP contribution in [0.1, 0.15) is 105 Å². The molecule has 6 aromatic rings. The maximum absolute atomic E-state index is 3.10. The van der Waals surface area contributed by atoms with Crippen molar-refractivity contribution in [3.8, 4) is 33.4 Å². The fraction of sp³-hybridized carbons (Fsp3) is 0.281. The molecule has 0 bridgehead atoms. The molecule has 0 nitrogen and oxygen atoms in total. The Morgan fingerprint density at radius 1 is 0.517 bits per heavy atom. The van der Waals surface area contributed by atoms with Crippen molar-refractivity contribution in [2.45, 2.75) is 93.1 Å². The van der Waals surface area contributed by atoms with E-state index in [4.69, 9.17) is 0 Å². The molecule has 0 N–H and O–H groups in total. The second-order valence-electron chi connectivity index (χ2n) is 18.6. The molecule has 0 spiro atoms. The summed E-state index contributed by atoms with van der Waals surface area (Å²) in [5.41, 5.74) is 26.3. The molecule has 0 saturated carbocycles. The Hall–Kier alpha value is -4.45. The van der Waals surface area contributed by atoms with E-state index < -0.39 is 21.3 Å². The van der Waals surface area contributed by atoms with Crippen molar-refractivity contribution in [3.63, 3.8) is 0 Å². The Morgan fingerprint density at radius 3 is 1.31 bits per heavy atom. The average Bonchev–Trinajstić information content (AvgIpc) is 3.74. The van der Waals surface area contributed by atoms with Crippen LogP contribution in [0.4, 0.5) is 0 Å². The minimum atomic E-state index is -3.10. The van der Waals surface area contributed by atoms with Gasteiger partial charge in [0.2, 0.25) is 0 Å². The Bertz CT molecular complexity index is 2480. The molecule has 0 heterocycles. The van der Waals surface area contributed by atoms with E-state index in [1.165, 1.54) is 106 Å². The molecule has 2 aliphatic rings. The molecule has 8 rings (SSSR count). The molecule has 0 aromatic heterocycles. The molecule has 2 aliphatic carbocycles. The number of hydrogen-bond donors (Lipinski definition) is 0. The van der Waals surface area contributed by atoms with Crippen LogP contribution in [0.15, 0.2) is 130 Å². The minimum absolute atomic E-state index is 0.0735. The molecular weight excluding hydrogens is 776 g/mol. The molecule has 58 heavy (non-hydrogen) atoms. The van der Waals surface area contributed by atoms with Gasteiger partial charge in [0.15, 0.2) is 0 Å². The van der Waals surface area contributed by atoms with Gasteiger partial charge in [-0.1, -0.05) is 0 Å². The first-order valence-corrected chi connectivity index (χ1v) is 25.3. The first-order valence-electron chi connectivity index (χ1n) is 21.4. The van der Waals surface area contributed by atoms with Crippen molar-refractivity contribution in [1.29, 1.82) is 0 Å². The predicted octanol–water partition coefficient (Wildman–Crippen LogP) is 15.3. The topological polar surface area (TPSA) is 0 Å². The van der Waals surface area contributed by atoms with E-state index in [-0.39, 0.29) is 9.04 Å². The number of rotatable bonds is 7. The number of aryl methyl sites for hydroxylation is 8. The molecule has 1 heteroatoms. The van der Waals surface area contributed by atoms with Gasteiger partial charge in [-0.05, 0) is 0 Å². The Kier molecular flexibility index (Phi) is 10.9. The molecule has 0 saturated heterocycles. The van der Waals surface area contributed by atoms with Crippen LogP contribution < -0.4 is 0 Å². The van der Waals surface area contributed by atoms with E-state index in [1.54, 1.807) is 6.49 Å². The quantitative estimate of drug-likeness (QED) is 0.150. The summed E-state index contributed by atoms with van der Waals surface area (Å²) in [6.45, 7) is 27.7. The van der Waals surface area contributed by atoms with Crippen LogP contribution in [0.3, 0.4) is 0 Å². The van der Waals surface area contributed by atoms with E-state index in [9.17, 15) is 0 Å². The van der Waals surface area contributed by atoms with Gasteiger partial charge in [-0.15, -0.1) is 0 Å². The Labute approximate surface area is 357 Å². The zero-order chi connectivity index (χ0) is 41.2. The third-order valence-electron chi connectivity index (χ3n) is 12.9. The monoisotopic (exact) mass is 834 g/mol. The van der Waals surface area contributed by atoms with Gasteiger partial charge in [-0.25, -0.2) is 0 Å². The Morgan fingerprint density at radius 2 is 0.931 bits per heavy atom. The van der Waals surface area contributed by atoms with Crippen LogP contribution in [0.25, 0.3) is 33.4 Å². The third-order valence-corrected chi connectivity index (χ3v) is 21.4. The summed E-state index contributed by atoms with van der Waals surface area (Å²) in [6, 6.07) is 43.5. The molecule has 292 valence electrons. The maximum atomic E-state index is 2.71. The molecule has 0 radical (unpaired) electrons. The fourth-order valence-corrected chi connectivity index (χ4v) is 20.0. The van der Waals surface area contributed by atoms with Crippen molar-refractivity contribution in [3.05, 3.63) is 197 Å². The fourth-order valence-electron chi connectivity index (χ4n) is 10.2. The second-order valence-corrected chi connectivity index (χ2v) is 24.7. The van der Waals surface area contributed by atoms with Crippen LogP contribution in [0.2, 0.25) is 0 Å². The van der Waals surface area contributed by atoms with Crippen molar-refractivity contribution in [2.75, 3.05) is 0 Å². The summed E-state index contributed by atoms with van der Waals surface area (Å²) in [5.74, 6) is 0.427. The van der Waals surface area contributed by atoms with E-state index in [2.05, 4.69) is 204 Å². The molecule has 6 aromatic carbocycles.